The fourth-order valence-electron chi connectivity index (χ4n) is 4.19. The van der Waals surface area contributed by atoms with E-state index in [9.17, 15) is 9.59 Å². The van der Waals surface area contributed by atoms with Gasteiger partial charge in [-0.05, 0) is 46.7 Å². The van der Waals surface area contributed by atoms with Gasteiger partial charge in [-0.15, -0.1) is 0 Å². The van der Waals surface area contributed by atoms with Gasteiger partial charge >= 0.3 is 0 Å². The van der Waals surface area contributed by atoms with E-state index in [-0.39, 0.29) is 23.8 Å². The van der Waals surface area contributed by atoms with Gasteiger partial charge in [0.15, 0.2) is 6.61 Å². The van der Waals surface area contributed by atoms with Crippen molar-refractivity contribution >= 4 is 27.7 Å². The number of rotatable bonds is 11. The summed E-state index contributed by atoms with van der Waals surface area (Å²) in [6.45, 7) is 9.04. The second-order valence-corrected chi connectivity index (χ2v) is 11.1. The lowest BCUT2D eigenvalue weighted by molar-refractivity contribution is -0.142. The number of para-hydroxylation sites is 1. The molecule has 0 aliphatic heterocycles. The van der Waals surface area contributed by atoms with Crippen LogP contribution in [0.25, 0.3) is 0 Å². The SMILES string of the molecule is CCCNC(=O)C(Cc1ccccc1)N(Cc1cccc(Br)c1)C(=O)COc1ccccc1C(C)(C)C. The zero-order chi connectivity index (χ0) is 26.8. The van der Waals surface area contributed by atoms with Crippen molar-refractivity contribution in [3.05, 3.63) is 100 Å². The summed E-state index contributed by atoms with van der Waals surface area (Å²) in [6.07, 6.45) is 1.23. The topological polar surface area (TPSA) is 58.6 Å². The van der Waals surface area contributed by atoms with E-state index in [1.807, 2.05) is 85.8 Å². The Morgan fingerprint density at radius 3 is 2.30 bits per heavy atom. The molecule has 0 radical (unpaired) electrons. The Kier molecular flexibility index (Phi) is 10.3. The van der Waals surface area contributed by atoms with Gasteiger partial charge in [0.1, 0.15) is 11.8 Å². The average molecular weight is 566 g/mol. The van der Waals surface area contributed by atoms with Gasteiger partial charge in [-0.2, -0.15) is 0 Å². The number of nitrogens with one attached hydrogen (secondary N) is 1. The quantitative estimate of drug-likeness (QED) is 0.297. The maximum absolute atomic E-state index is 13.8. The first-order chi connectivity index (χ1) is 17.7. The predicted molar refractivity (Wildman–Crippen MR) is 153 cm³/mol. The van der Waals surface area contributed by atoms with Crippen LogP contribution in [-0.2, 0) is 28.0 Å². The third kappa shape index (κ3) is 8.46. The molecular formula is C31H37BrN2O3. The van der Waals surface area contributed by atoms with E-state index in [1.54, 1.807) is 4.90 Å². The Bertz CT molecular complexity index is 1170. The number of amides is 2. The van der Waals surface area contributed by atoms with Crippen molar-refractivity contribution in [1.29, 1.82) is 0 Å². The van der Waals surface area contributed by atoms with Gasteiger partial charge < -0.3 is 15.0 Å². The predicted octanol–water partition coefficient (Wildman–Crippen LogP) is 6.29. The molecule has 2 amide bonds. The maximum atomic E-state index is 13.8. The van der Waals surface area contributed by atoms with E-state index in [0.717, 1.165) is 27.6 Å². The molecule has 6 heteroatoms. The number of ether oxygens (including phenoxy) is 1. The van der Waals surface area contributed by atoms with Gasteiger partial charge in [0, 0.05) is 24.0 Å². The average Bonchev–Trinajstić information content (AvgIpc) is 2.88. The van der Waals surface area contributed by atoms with Crippen molar-refractivity contribution in [2.45, 2.75) is 58.5 Å². The van der Waals surface area contributed by atoms with E-state index < -0.39 is 6.04 Å². The fraction of sp³-hybridized carbons (Fsp3) is 0.355. The van der Waals surface area contributed by atoms with Gasteiger partial charge in [-0.25, -0.2) is 0 Å². The van der Waals surface area contributed by atoms with Crippen molar-refractivity contribution in [2.24, 2.45) is 0 Å². The molecule has 3 aromatic rings. The van der Waals surface area contributed by atoms with E-state index in [4.69, 9.17) is 4.74 Å². The molecule has 0 aliphatic carbocycles. The summed E-state index contributed by atoms with van der Waals surface area (Å²) < 4.78 is 7.02. The van der Waals surface area contributed by atoms with Crippen LogP contribution in [0.3, 0.4) is 0 Å². The zero-order valence-electron chi connectivity index (χ0n) is 22.2. The summed E-state index contributed by atoms with van der Waals surface area (Å²) >= 11 is 3.52. The molecule has 0 fully saturated rings. The minimum absolute atomic E-state index is 0.133. The van der Waals surface area contributed by atoms with Gasteiger partial charge in [0.2, 0.25) is 5.91 Å². The Morgan fingerprint density at radius 2 is 1.62 bits per heavy atom. The second-order valence-electron chi connectivity index (χ2n) is 10.2. The molecule has 0 heterocycles. The van der Waals surface area contributed by atoms with E-state index in [0.29, 0.717) is 25.3 Å². The number of hydrogen-bond donors (Lipinski definition) is 1. The summed E-state index contributed by atoms with van der Waals surface area (Å²) in [7, 11) is 0. The Hall–Kier alpha value is -3.12. The summed E-state index contributed by atoms with van der Waals surface area (Å²) in [5.74, 6) is 0.279. The van der Waals surface area contributed by atoms with Crippen LogP contribution in [0, 0.1) is 0 Å². The molecule has 196 valence electrons. The first kappa shape index (κ1) is 28.5. The molecule has 5 nitrogen and oxygen atoms in total. The Balaban J connectivity index is 1.93. The molecule has 1 unspecified atom stereocenters. The van der Waals surface area contributed by atoms with E-state index >= 15 is 0 Å². The van der Waals surface area contributed by atoms with Gasteiger partial charge in [0.25, 0.3) is 5.91 Å². The number of halogens is 1. The van der Waals surface area contributed by atoms with Gasteiger partial charge in [-0.1, -0.05) is 104 Å². The normalized spacial score (nSPS) is 12.0. The molecule has 3 rings (SSSR count). The highest BCUT2D eigenvalue weighted by Crippen LogP contribution is 2.31. The lowest BCUT2D eigenvalue weighted by Gasteiger charge is -2.32. The number of nitrogens with zero attached hydrogens (tertiary/aromatic N) is 1. The molecule has 1 N–H and O–H groups in total. The van der Waals surface area contributed by atoms with Crippen molar-refractivity contribution in [3.63, 3.8) is 0 Å². The second kappa shape index (κ2) is 13.4. The van der Waals surface area contributed by atoms with E-state index in [2.05, 4.69) is 42.0 Å². The number of carbonyl (C=O) groups is 2. The van der Waals surface area contributed by atoms with Crippen molar-refractivity contribution in [1.82, 2.24) is 10.2 Å². The first-order valence-electron chi connectivity index (χ1n) is 12.8. The van der Waals surface area contributed by atoms with Crippen LogP contribution < -0.4 is 10.1 Å². The third-order valence-electron chi connectivity index (χ3n) is 6.11. The van der Waals surface area contributed by atoms with Gasteiger partial charge in [-0.3, -0.25) is 9.59 Å². The number of benzene rings is 3. The summed E-state index contributed by atoms with van der Waals surface area (Å²) in [4.78, 5) is 28.9. The number of carbonyl (C=O) groups excluding carboxylic acids is 2. The number of hydrogen-bond acceptors (Lipinski definition) is 3. The third-order valence-corrected chi connectivity index (χ3v) is 6.60. The van der Waals surface area contributed by atoms with Crippen LogP contribution in [0.15, 0.2) is 83.3 Å². The Labute approximate surface area is 229 Å². The molecule has 0 aromatic heterocycles. The molecule has 0 aliphatic rings. The highest BCUT2D eigenvalue weighted by atomic mass is 79.9. The summed E-state index contributed by atoms with van der Waals surface area (Å²) in [5.41, 5.74) is 2.82. The Morgan fingerprint density at radius 1 is 0.946 bits per heavy atom. The molecular weight excluding hydrogens is 528 g/mol. The molecule has 0 bridgehead atoms. The van der Waals surface area contributed by atoms with Crippen molar-refractivity contribution < 1.29 is 14.3 Å². The van der Waals surface area contributed by atoms with Crippen molar-refractivity contribution in [2.75, 3.05) is 13.2 Å². The largest absolute Gasteiger partial charge is 0.483 e. The lowest BCUT2D eigenvalue weighted by Crippen LogP contribution is -2.51. The molecule has 0 saturated carbocycles. The molecule has 0 spiro atoms. The smallest absolute Gasteiger partial charge is 0.261 e. The fourth-order valence-corrected chi connectivity index (χ4v) is 4.63. The monoisotopic (exact) mass is 564 g/mol. The summed E-state index contributed by atoms with van der Waals surface area (Å²) in [6, 6.07) is 24.7. The minimum Gasteiger partial charge on any atom is -0.483 e. The molecule has 37 heavy (non-hydrogen) atoms. The van der Waals surface area contributed by atoms with Crippen molar-refractivity contribution in [3.8, 4) is 5.75 Å². The van der Waals surface area contributed by atoms with Crippen LogP contribution in [0.5, 0.6) is 5.75 Å². The minimum atomic E-state index is -0.679. The van der Waals surface area contributed by atoms with Gasteiger partial charge in [0.05, 0.1) is 0 Å². The van der Waals surface area contributed by atoms with Crippen LogP contribution >= 0.6 is 15.9 Å². The maximum Gasteiger partial charge on any atom is 0.261 e. The standard InChI is InChI=1S/C31H37BrN2O3/c1-5-18-33-30(36)27(20-23-12-7-6-8-13-23)34(21-24-14-11-15-25(32)19-24)29(35)22-37-28-17-10-9-16-26(28)31(2,3)4/h6-17,19,27H,5,18,20-22H2,1-4H3,(H,33,36). The van der Waals surface area contributed by atoms with E-state index in [1.165, 1.54) is 0 Å². The first-order valence-corrected chi connectivity index (χ1v) is 13.6. The van der Waals surface area contributed by atoms with Crippen LogP contribution in [-0.4, -0.2) is 35.9 Å². The van der Waals surface area contributed by atoms with Crippen LogP contribution in [0.1, 0.15) is 50.8 Å². The molecule has 1 atom stereocenters. The summed E-state index contributed by atoms with van der Waals surface area (Å²) in [5, 5.41) is 3.01. The highest BCUT2D eigenvalue weighted by molar-refractivity contribution is 9.10. The molecule has 3 aromatic carbocycles. The van der Waals surface area contributed by atoms with Crippen LogP contribution in [0.4, 0.5) is 0 Å². The lowest BCUT2D eigenvalue weighted by atomic mass is 9.86. The van der Waals surface area contributed by atoms with Crippen LogP contribution in [0.2, 0.25) is 0 Å². The zero-order valence-corrected chi connectivity index (χ0v) is 23.8. The molecule has 0 saturated heterocycles. The highest BCUT2D eigenvalue weighted by Gasteiger charge is 2.31.